The zero-order chi connectivity index (χ0) is 19.7. The van der Waals surface area contributed by atoms with E-state index in [9.17, 15) is 9.59 Å². The van der Waals surface area contributed by atoms with Gasteiger partial charge in [0.15, 0.2) is 0 Å². The highest BCUT2D eigenvalue weighted by Gasteiger charge is 2.26. The third-order valence-corrected chi connectivity index (χ3v) is 5.78. The van der Waals surface area contributed by atoms with Gasteiger partial charge in [0.1, 0.15) is 11.5 Å². The number of rotatable bonds is 4. The fourth-order valence-corrected chi connectivity index (χ4v) is 3.97. The highest BCUT2D eigenvalue weighted by molar-refractivity contribution is 5.99. The van der Waals surface area contributed by atoms with Crippen molar-refractivity contribution in [2.75, 3.05) is 39.3 Å². The van der Waals surface area contributed by atoms with E-state index < -0.39 is 0 Å². The fourth-order valence-electron chi connectivity index (χ4n) is 3.97. The summed E-state index contributed by atoms with van der Waals surface area (Å²) in [7, 11) is 0. The lowest BCUT2D eigenvalue weighted by Gasteiger charge is -2.34. The fraction of sp³-hybridized carbons (Fsp3) is 0.550. The number of aromatic nitrogens is 2. The number of nitrogens with zero attached hydrogens (tertiary/aromatic N) is 4. The predicted molar refractivity (Wildman–Crippen MR) is 103 cm³/mol. The zero-order valence-electron chi connectivity index (χ0n) is 16.5. The Kier molecular flexibility index (Phi) is 5.21. The number of amides is 2. The van der Waals surface area contributed by atoms with Crippen molar-refractivity contribution in [1.82, 2.24) is 24.8 Å². The van der Waals surface area contributed by atoms with Crippen LogP contribution in [0, 0.1) is 13.8 Å². The van der Waals surface area contributed by atoms with Gasteiger partial charge in [0.2, 0.25) is 0 Å². The minimum absolute atomic E-state index is 0.0131. The van der Waals surface area contributed by atoms with E-state index in [1.807, 2.05) is 23.6 Å². The summed E-state index contributed by atoms with van der Waals surface area (Å²) in [5.74, 6) is 0.827. The minimum atomic E-state index is -0.0197. The molecule has 4 rings (SSSR count). The first kappa shape index (κ1) is 18.7. The number of likely N-dealkylation sites (tertiary alicyclic amines) is 1. The summed E-state index contributed by atoms with van der Waals surface area (Å²) in [4.78, 5) is 34.3. The summed E-state index contributed by atoms with van der Waals surface area (Å²) in [6.07, 6.45) is 3.76. The number of carbonyl (C=O) groups is 2. The van der Waals surface area contributed by atoms with E-state index in [1.165, 1.54) is 0 Å². The van der Waals surface area contributed by atoms with Crippen LogP contribution in [0.15, 0.2) is 16.8 Å². The molecule has 0 unspecified atom stereocenters. The monoisotopic (exact) mass is 385 g/mol. The lowest BCUT2D eigenvalue weighted by molar-refractivity contribution is 0.0627. The van der Waals surface area contributed by atoms with Crippen LogP contribution in [0.4, 0.5) is 0 Å². The maximum absolute atomic E-state index is 12.8. The van der Waals surface area contributed by atoms with Gasteiger partial charge in [-0.3, -0.25) is 14.5 Å². The third kappa shape index (κ3) is 3.69. The Balaban J connectivity index is 1.33. The molecular weight excluding hydrogens is 358 g/mol. The number of piperazine rings is 1. The SMILES string of the molecule is Cc1noc(C)c1CN1CCN(C(=O)c2c[nH]c(C(=O)N3CCCC3)c2)CC1. The Morgan fingerprint density at radius 1 is 1.04 bits per heavy atom. The van der Waals surface area contributed by atoms with Crippen molar-refractivity contribution < 1.29 is 14.1 Å². The summed E-state index contributed by atoms with van der Waals surface area (Å²) >= 11 is 0. The van der Waals surface area contributed by atoms with Crippen LogP contribution in [-0.2, 0) is 6.54 Å². The lowest BCUT2D eigenvalue weighted by atomic mass is 10.1. The van der Waals surface area contributed by atoms with Gasteiger partial charge in [0.25, 0.3) is 11.8 Å². The molecule has 2 amide bonds. The molecule has 8 nitrogen and oxygen atoms in total. The third-order valence-electron chi connectivity index (χ3n) is 5.78. The van der Waals surface area contributed by atoms with Crippen molar-refractivity contribution >= 4 is 11.8 Å². The molecule has 0 aliphatic carbocycles. The van der Waals surface area contributed by atoms with Crippen LogP contribution < -0.4 is 0 Å². The lowest BCUT2D eigenvalue weighted by Crippen LogP contribution is -2.48. The van der Waals surface area contributed by atoms with E-state index in [1.54, 1.807) is 12.3 Å². The first-order valence-electron chi connectivity index (χ1n) is 9.94. The molecule has 2 saturated heterocycles. The van der Waals surface area contributed by atoms with Gasteiger partial charge < -0.3 is 19.3 Å². The Labute approximate surface area is 164 Å². The molecule has 0 saturated carbocycles. The molecule has 2 aliphatic heterocycles. The van der Waals surface area contributed by atoms with Crippen molar-refractivity contribution in [1.29, 1.82) is 0 Å². The molecule has 0 bridgehead atoms. The van der Waals surface area contributed by atoms with E-state index in [4.69, 9.17) is 4.52 Å². The summed E-state index contributed by atoms with van der Waals surface area (Å²) in [5.41, 5.74) is 3.12. The number of aryl methyl sites for hydroxylation is 2. The number of nitrogens with one attached hydrogen (secondary N) is 1. The molecule has 150 valence electrons. The summed E-state index contributed by atoms with van der Waals surface area (Å²) in [6, 6.07) is 1.69. The molecule has 0 aromatic carbocycles. The molecule has 2 aromatic heterocycles. The Morgan fingerprint density at radius 2 is 1.71 bits per heavy atom. The van der Waals surface area contributed by atoms with Crippen molar-refractivity contribution in [2.24, 2.45) is 0 Å². The number of hydrogen-bond acceptors (Lipinski definition) is 5. The van der Waals surface area contributed by atoms with E-state index in [2.05, 4.69) is 15.0 Å². The second-order valence-corrected chi connectivity index (χ2v) is 7.67. The molecule has 28 heavy (non-hydrogen) atoms. The van der Waals surface area contributed by atoms with E-state index in [0.29, 0.717) is 24.3 Å². The summed E-state index contributed by atoms with van der Waals surface area (Å²) < 4.78 is 5.24. The van der Waals surface area contributed by atoms with Gasteiger partial charge in [-0.05, 0) is 32.8 Å². The van der Waals surface area contributed by atoms with E-state index in [-0.39, 0.29) is 11.8 Å². The molecule has 2 fully saturated rings. The predicted octanol–water partition coefficient (Wildman–Crippen LogP) is 1.81. The largest absolute Gasteiger partial charge is 0.361 e. The van der Waals surface area contributed by atoms with Crippen molar-refractivity contribution in [3.05, 3.63) is 40.5 Å². The van der Waals surface area contributed by atoms with E-state index >= 15 is 0 Å². The molecule has 2 aliphatic rings. The van der Waals surface area contributed by atoms with Crippen molar-refractivity contribution in [2.45, 2.75) is 33.2 Å². The molecule has 0 radical (unpaired) electrons. The first-order chi connectivity index (χ1) is 13.5. The van der Waals surface area contributed by atoms with Crippen LogP contribution in [0.2, 0.25) is 0 Å². The zero-order valence-corrected chi connectivity index (χ0v) is 16.5. The molecule has 4 heterocycles. The summed E-state index contributed by atoms with van der Waals surface area (Å²) in [5, 5.41) is 4.01. The van der Waals surface area contributed by atoms with Gasteiger partial charge in [0, 0.05) is 57.6 Å². The van der Waals surface area contributed by atoms with Crippen molar-refractivity contribution in [3.8, 4) is 0 Å². The average molecular weight is 385 g/mol. The van der Waals surface area contributed by atoms with Gasteiger partial charge in [-0.25, -0.2) is 0 Å². The number of aromatic amines is 1. The first-order valence-corrected chi connectivity index (χ1v) is 9.94. The summed E-state index contributed by atoms with van der Waals surface area (Å²) in [6.45, 7) is 9.23. The van der Waals surface area contributed by atoms with Gasteiger partial charge in [-0.2, -0.15) is 0 Å². The van der Waals surface area contributed by atoms with E-state index in [0.717, 1.165) is 62.6 Å². The van der Waals surface area contributed by atoms with Crippen LogP contribution >= 0.6 is 0 Å². The van der Waals surface area contributed by atoms with Crippen LogP contribution in [0.25, 0.3) is 0 Å². The van der Waals surface area contributed by atoms with Crippen LogP contribution in [0.3, 0.4) is 0 Å². The minimum Gasteiger partial charge on any atom is -0.361 e. The highest BCUT2D eigenvalue weighted by atomic mass is 16.5. The van der Waals surface area contributed by atoms with Gasteiger partial charge in [-0.15, -0.1) is 0 Å². The molecule has 0 spiro atoms. The maximum Gasteiger partial charge on any atom is 0.270 e. The smallest absolute Gasteiger partial charge is 0.270 e. The number of hydrogen-bond donors (Lipinski definition) is 1. The van der Waals surface area contributed by atoms with Gasteiger partial charge in [-0.1, -0.05) is 5.16 Å². The Morgan fingerprint density at radius 3 is 2.36 bits per heavy atom. The maximum atomic E-state index is 12.8. The van der Waals surface area contributed by atoms with Crippen LogP contribution in [-0.4, -0.2) is 75.9 Å². The molecule has 1 N–H and O–H groups in total. The molecule has 8 heteroatoms. The second kappa shape index (κ2) is 7.79. The number of carbonyl (C=O) groups excluding carboxylic acids is 2. The van der Waals surface area contributed by atoms with Crippen molar-refractivity contribution in [3.63, 3.8) is 0 Å². The van der Waals surface area contributed by atoms with Crippen LogP contribution in [0.5, 0.6) is 0 Å². The molecular formula is C20H27N5O3. The standard InChI is InChI=1S/C20H27N5O3/c1-14-17(15(2)28-22-14)13-23-7-9-25(10-8-23)19(26)16-11-18(21-12-16)20(27)24-5-3-4-6-24/h11-12,21H,3-10,13H2,1-2H3. The number of H-pyrrole nitrogens is 1. The highest BCUT2D eigenvalue weighted by Crippen LogP contribution is 2.18. The topological polar surface area (TPSA) is 85.7 Å². The molecule has 2 aromatic rings. The Hall–Kier alpha value is -2.61. The second-order valence-electron chi connectivity index (χ2n) is 7.67. The van der Waals surface area contributed by atoms with Gasteiger partial charge in [0.05, 0.1) is 11.3 Å². The normalized spacial score (nSPS) is 18.1. The van der Waals surface area contributed by atoms with Gasteiger partial charge >= 0.3 is 0 Å². The Bertz CT molecular complexity index is 838. The van der Waals surface area contributed by atoms with Crippen LogP contribution in [0.1, 0.15) is 50.7 Å². The quantitative estimate of drug-likeness (QED) is 0.868. The average Bonchev–Trinajstić information content (AvgIpc) is 3.46. The molecule has 0 atom stereocenters.